The molecule has 0 spiro atoms. The first-order chi connectivity index (χ1) is 17.2. The van der Waals surface area contributed by atoms with E-state index in [1.54, 1.807) is 7.11 Å². The Bertz CT molecular complexity index is 1270. The molecule has 3 heterocycles. The second-order valence-electron chi connectivity index (χ2n) is 9.37. The fourth-order valence-corrected chi connectivity index (χ4v) is 5.46. The molecule has 1 fully saturated rings. The van der Waals surface area contributed by atoms with Crippen LogP contribution in [-0.4, -0.2) is 57.4 Å². The molecule has 3 N–H and O–H groups in total. The van der Waals surface area contributed by atoms with Gasteiger partial charge in [0.05, 0.1) is 18.3 Å². The third-order valence-corrected chi connectivity index (χ3v) is 7.40. The van der Waals surface area contributed by atoms with Gasteiger partial charge in [0.15, 0.2) is 0 Å². The molecule has 0 saturated carbocycles. The van der Waals surface area contributed by atoms with Gasteiger partial charge in [0.25, 0.3) is 0 Å². The van der Waals surface area contributed by atoms with Gasteiger partial charge in [-0.05, 0) is 37.8 Å². The highest BCUT2D eigenvalue weighted by molar-refractivity contribution is 7.13. The first-order valence-corrected chi connectivity index (χ1v) is 12.9. The summed E-state index contributed by atoms with van der Waals surface area (Å²) in [5.41, 5.74) is 3.26. The Labute approximate surface area is 213 Å². The first kappa shape index (κ1) is 25.8. The number of nitrogens with one attached hydrogen (secondary N) is 1. The number of aliphatic carboxylic acids is 2. The van der Waals surface area contributed by atoms with E-state index in [2.05, 4.69) is 19.2 Å². The maximum atomic E-state index is 11.7. The molecule has 1 saturated heterocycles. The van der Waals surface area contributed by atoms with Crippen LogP contribution in [-0.2, 0) is 9.59 Å². The second-order valence-corrected chi connectivity index (χ2v) is 10.2. The Hall–Kier alpha value is -3.24. The van der Waals surface area contributed by atoms with Gasteiger partial charge in [-0.1, -0.05) is 13.8 Å². The van der Waals surface area contributed by atoms with Crippen LogP contribution in [0.4, 0.5) is 0 Å². The Morgan fingerprint density at radius 3 is 2.64 bits per heavy atom. The summed E-state index contributed by atoms with van der Waals surface area (Å²) in [6.45, 7) is 6.12. The molecule has 36 heavy (non-hydrogen) atoms. The van der Waals surface area contributed by atoms with Crippen molar-refractivity contribution >= 4 is 34.2 Å². The quantitative estimate of drug-likeness (QED) is 0.355. The number of hydrogen-bond donors (Lipinski definition) is 3. The van der Waals surface area contributed by atoms with Crippen molar-refractivity contribution in [2.45, 2.75) is 70.6 Å². The maximum absolute atomic E-state index is 11.7. The SMILES string of the molecule is COc1ccc2c(O[C@@H]3C[C@@H](C(=O)O)N[C@@H]3CCCC(=O)O)cc(-c3nc(C(C)C)cs3)nc2c1C. The van der Waals surface area contributed by atoms with Crippen molar-refractivity contribution in [3.8, 4) is 22.2 Å². The third-order valence-electron chi connectivity index (χ3n) is 6.51. The van der Waals surface area contributed by atoms with E-state index in [9.17, 15) is 14.7 Å². The van der Waals surface area contributed by atoms with E-state index in [1.165, 1.54) is 11.3 Å². The van der Waals surface area contributed by atoms with Gasteiger partial charge in [-0.2, -0.15) is 0 Å². The molecule has 0 amide bonds. The van der Waals surface area contributed by atoms with Crippen molar-refractivity contribution < 1.29 is 29.3 Å². The van der Waals surface area contributed by atoms with Crippen molar-refractivity contribution in [2.24, 2.45) is 0 Å². The number of rotatable bonds is 10. The Morgan fingerprint density at radius 2 is 2.00 bits per heavy atom. The lowest BCUT2D eigenvalue weighted by Crippen LogP contribution is -2.38. The van der Waals surface area contributed by atoms with Gasteiger partial charge < -0.3 is 19.7 Å². The molecule has 192 valence electrons. The Balaban J connectivity index is 1.74. The average Bonchev–Trinajstić information content (AvgIpc) is 3.47. The zero-order chi connectivity index (χ0) is 26.0. The minimum Gasteiger partial charge on any atom is -0.496 e. The van der Waals surface area contributed by atoms with E-state index in [0.29, 0.717) is 30.0 Å². The second kappa shape index (κ2) is 10.8. The van der Waals surface area contributed by atoms with Crippen LogP contribution < -0.4 is 14.8 Å². The van der Waals surface area contributed by atoms with Crippen molar-refractivity contribution in [3.05, 3.63) is 34.8 Å². The molecule has 1 aliphatic rings. The summed E-state index contributed by atoms with van der Waals surface area (Å²) in [7, 11) is 1.61. The molecule has 1 aliphatic heterocycles. The van der Waals surface area contributed by atoms with Gasteiger partial charge in [0, 0.05) is 41.3 Å². The predicted molar refractivity (Wildman–Crippen MR) is 137 cm³/mol. The van der Waals surface area contributed by atoms with E-state index in [0.717, 1.165) is 27.2 Å². The number of pyridine rings is 1. The number of aryl methyl sites for hydroxylation is 1. The molecular formula is C26H31N3O6S. The van der Waals surface area contributed by atoms with Crippen LogP contribution in [0.1, 0.15) is 56.7 Å². The van der Waals surface area contributed by atoms with E-state index < -0.39 is 24.1 Å². The smallest absolute Gasteiger partial charge is 0.320 e. The predicted octanol–water partition coefficient (Wildman–Crippen LogP) is 4.62. The van der Waals surface area contributed by atoms with Gasteiger partial charge >= 0.3 is 11.9 Å². The van der Waals surface area contributed by atoms with Crippen LogP contribution in [0.3, 0.4) is 0 Å². The highest BCUT2D eigenvalue weighted by Gasteiger charge is 2.39. The molecule has 0 bridgehead atoms. The number of nitrogens with zero attached hydrogens (tertiary/aromatic N) is 2. The molecule has 0 aliphatic carbocycles. The summed E-state index contributed by atoms with van der Waals surface area (Å²) < 4.78 is 12.0. The number of aromatic nitrogens is 2. The number of carboxylic acid groups (broad SMARTS) is 2. The zero-order valence-electron chi connectivity index (χ0n) is 20.8. The van der Waals surface area contributed by atoms with Gasteiger partial charge in [-0.25, -0.2) is 9.97 Å². The van der Waals surface area contributed by atoms with Crippen molar-refractivity contribution in [2.75, 3.05) is 7.11 Å². The standard InChI is InChI=1S/C26H31N3O6S/c1-13(2)19-12-36-25(29-19)17-10-21(15-8-9-20(34-4)14(3)24(15)28-17)35-22-11-18(26(32)33)27-16(22)6-5-7-23(30)31/h8-10,12-13,16,18,22,27H,5-7,11H2,1-4H3,(H,30,31)(H,32,33)/t16-,18+,22-/m1/s1. The number of ether oxygens (including phenoxy) is 2. The molecule has 4 rings (SSSR count). The van der Waals surface area contributed by atoms with Crippen LogP contribution in [0, 0.1) is 6.92 Å². The van der Waals surface area contributed by atoms with Gasteiger partial charge in [0.1, 0.15) is 34.3 Å². The van der Waals surface area contributed by atoms with Crippen LogP contribution in [0.25, 0.3) is 21.6 Å². The minimum absolute atomic E-state index is 0.0200. The molecule has 0 radical (unpaired) electrons. The normalized spacial score (nSPS) is 19.6. The number of thiazole rings is 1. The lowest BCUT2D eigenvalue weighted by Gasteiger charge is -2.22. The summed E-state index contributed by atoms with van der Waals surface area (Å²) in [6.07, 6.45) is 0.772. The molecular weight excluding hydrogens is 482 g/mol. The summed E-state index contributed by atoms with van der Waals surface area (Å²) in [6, 6.07) is 4.57. The highest BCUT2D eigenvalue weighted by atomic mass is 32.1. The van der Waals surface area contributed by atoms with E-state index in [4.69, 9.17) is 24.5 Å². The average molecular weight is 514 g/mol. The van der Waals surface area contributed by atoms with Gasteiger partial charge in [0.2, 0.25) is 0 Å². The zero-order valence-corrected chi connectivity index (χ0v) is 21.6. The molecule has 2 aromatic heterocycles. The minimum atomic E-state index is -0.950. The van der Waals surface area contributed by atoms with E-state index in [-0.39, 0.29) is 24.8 Å². The number of methoxy groups -OCH3 is 1. The number of carbonyl (C=O) groups is 2. The van der Waals surface area contributed by atoms with Crippen LogP contribution in [0.2, 0.25) is 0 Å². The third kappa shape index (κ3) is 5.44. The largest absolute Gasteiger partial charge is 0.496 e. The summed E-state index contributed by atoms with van der Waals surface area (Å²) >= 11 is 1.52. The molecule has 3 atom stereocenters. The van der Waals surface area contributed by atoms with Crippen molar-refractivity contribution in [1.29, 1.82) is 0 Å². The van der Waals surface area contributed by atoms with E-state index >= 15 is 0 Å². The molecule has 10 heteroatoms. The maximum Gasteiger partial charge on any atom is 0.320 e. The Morgan fingerprint density at radius 1 is 1.22 bits per heavy atom. The number of hydrogen-bond acceptors (Lipinski definition) is 8. The monoisotopic (exact) mass is 513 g/mol. The fraction of sp³-hybridized carbons (Fsp3) is 0.462. The Kier molecular flexibility index (Phi) is 7.75. The molecule has 1 aromatic carbocycles. The summed E-state index contributed by atoms with van der Waals surface area (Å²) in [5.74, 6) is -0.242. The molecule has 0 unspecified atom stereocenters. The summed E-state index contributed by atoms with van der Waals surface area (Å²) in [5, 5.41) is 25.3. The van der Waals surface area contributed by atoms with Crippen LogP contribution in [0.15, 0.2) is 23.6 Å². The number of benzene rings is 1. The molecule has 9 nitrogen and oxygen atoms in total. The van der Waals surface area contributed by atoms with Crippen LogP contribution in [0.5, 0.6) is 11.5 Å². The van der Waals surface area contributed by atoms with Crippen molar-refractivity contribution in [3.63, 3.8) is 0 Å². The van der Waals surface area contributed by atoms with Crippen LogP contribution >= 0.6 is 11.3 Å². The number of fused-ring (bicyclic) bond motifs is 1. The fourth-order valence-electron chi connectivity index (χ4n) is 4.51. The summed E-state index contributed by atoms with van der Waals surface area (Å²) in [4.78, 5) is 32.4. The molecule has 3 aromatic rings. The first-order valence-electron chi connectivity index (χ1n) is 12.0. The van der Waals surface area contributed by atoms with Gasteiger partial charge in [-0.3, -0.25) is 14.9 Å². The van der Waals surface area contributed by atoms with E-state index in [1.807, 2.05) is 30.5 Å². The highest BCUT2D eigenvalue weighted by Crippen LogP contribution is 2.38. The number of carboxylic acids is 2. The lowest BCUT2D eigenvalue weighted by molar-refractivity contribution is -0.139. The van der Waals surface area contributed by atoms with Gasteiger partial charge in [-0.15, -0.1) is 11.3 Å². The van der Waals surface area contributed by atoms with Crippen molar-refractivity contribution in [1.82, 2.24) is 15.3 Å². The lowest BCUT2D eigenvalue weighted by atomic mass is 10.0. The topological polar surface area (TPSA) is 131 Å².